The summed E-state index contributed by atoms with van der Waals surface area (Å²) in [5, 5.41) is 30.1. The van der Waals surface area contributed by atoms with E-state index in [1.165, 1.54) is 0 Å². The second-order valence-electron chi connectivity index (χ2n) is 6.11. The highest BCUT2D eigenvalue weighted by Crippen LogP contribution is 2.40. The molecule has 0 radical (unpaired) electrons. The van der Waals surface area contributed by atoms with Crippen LogP contribution in [-0.2, 0) is 9.47 Å². The van der Waals surface area contributed by atoms with E-state index in [2.05, 4.69) is 6.58 Å². The molecule has 1 saturated heterocycles. The summed E-state index contributed by atoms with van der Waals surface area (Å²) in [7, 11) is 0. The quantitative estimate of drug-likeness (QED) is 0.637. The van der Waals surface area contributed by atoms with E-state index in [1.807, 2.05) is 27.7 Å². The summed E-state index contributed by atoms with van der Waals surface area (Å²) in [5.41, 5.74) is -0.477. The molecule has 1 aliphatic heterocycles. The van der Waals surface area contributed by atoms with Gasteiger partial charge >= 0.3 is 0 Å². The molecule has 20 heavy (non-hydrogen) atoms. The summed E-state index contributed by atoms with van der Waals surface area (Å²) in [4.78, 5) is 0. The summed E-state index contributed by atoms with van der Waals surface area (Å²) in [6.45, 7) is 11.1. The van der Waals surface area contributed by atoms with Gasteiger partial charge in [0.2, 0.25) is 0 Å². The van der Waals surface area contributed by atoms with Gasteiger partial charge in [0.05, 0.1) is 24.9 Å². The van der Waals surface area contributed by atoms with Crippen molar-refractivity contribution in [2.24, 2.45) is 11.3 Å². The topological polar surface area (TPSA) is 79.2 Å². The molecule has 0 spiro atoms. The number of rotatable bonds is 6. The Morgan fingerprint density at radius 1 is 1.35 bits per heavy atom. The minimum Gasteiger partial charge on any atom is -0.394 e. The van der Waals surface area contributed by atoms with Crippen molar-refractivity contribution in [2.75, 3.05) is 6.61 Å². The van der Waals surface area contributed by atoms with Crippen molar-refractivity contribution in [3.05, 3.63) is 12.7 Å². The molecule has 1 heterocycles. The predicted molar refractivity (Wildman–Crippen MR) is 76.1 cm³/mol. The Hall–Kier alpha value is -0.460. The third kappa shape index (κ3) is 3.59. The van der Waals surface area contributed by atoms with Crippen LogP contribution in [0.15, 0.2) is 12.7 Å². The summed E-state index contributed by atoms with van der Waals surface area (Å²) < 4.78 is 11.2. The molecular formula is C15H28O5. The van der Waals surface area contributed by atoms with Crippen molar-refractivity contribution in [2.45, 2.75) is 64.8 Å². The van der Waals surface area contributed by atoms with E-state index in [-0.39, 0.29) is 12.7 Å². The minimum absolute atomic E-state index is 0.0924. The molecule has 0 bridgehead atoms. The Morgan fingerprint density at radius 3 is 2.40 bits per heavy atom. The van der Waals surface area contributed by atoms with Gasteiger partial charge in [-0.2, -0.15) is 0 Å². The van der Waals surface area contributed by atoms with Crippen molar-refractivity contribution >= 4 is 0 Å². The highest BCUT2D eigenvalue weighted by Gasteiger charge is 2.50. The van der Waals surface area contributed by atoms with Crippen molar-refractivity contribution in [1.82, 2.24) is 0 Å². The first kappa shape index (κ1) is 17.6. The molecule has 0 saturated carbocycles. The zero-order valence-electron chi connectivity index (χ0n) is 12.8. The Balaban J connectivity index is 2.92. The first-order valence-electron chi connectivity index (χ1n) is 7.20. The second kappa shape index (κ2) is 7.00. The average Bonchev–Trinajstić information content (AvgIpc) is 2.42. The monoisotopic (exact) mass is 288 g/mol. The van der Waals surface area contributed by atoms with Gasteiger partial charge < -0.3 is 24.8 Å². The van der Waals surface area contributed by atoms with Crippen LogP contribution in [-0.4, -0.2) is 52.6 Å². The molecule has 1 aliphatic rings. The van der Waals surface area contributed by atoms with Gasteiger partial charge in [-0.05, 0) is 18.8 Å². The lowest BCUT2D eigenvalue weighted by molar-refractivity contribution is -0.308. The van der Waals surface area contributed by atoms with Crippen molar-refractivity contribution in [3.8, 4) is 0 Å². The fraction of sp³-hybridized carbons (Fsp3) is 0.867. The normalized spacial score (nSPS) is 36.6. The van der Waals surface area contributed by atoms with Gasteiger partial charge in [0.1, 0.15) is 6.10 Å². The Bertz CT molecular complexity index is 315. The van der Waals surface area contributed by atoms with Crippen LogP contribution in [0.3, 0.4) is 0 Å². The molecule has 0 aromatic heterocycles. The van der Waals surface area contributed by atoms with Gasteiger partial charge in [-0.1, -0.05) is 26.8 Å². The van der Waals surface area contributed by atoms with Crippen molar-refractivity contribution < 1.29 is 24.8 Å². The van der Waals surface area contributed by atoms with Gasteiger partial charge in [0.25, 0.3) is 0 Å². The molecular weight excluding hydrogens is 260 g/mol. The molecule has 0 aromatic rings. The van der Waals surface area contributed by atoms with Crippen LogP contribution in [0.25, 0.3) is 0 Å². The van der Waals surface area contributed by atoms with Crippen LogP contribution in [0.5, 0.6) is 0 Å². The van der Waals surface area contributed by atoms with E-state index in [0.717, 1.165) is 6.42 Å². The molecule has 0 aromatic carbocycles. The summed E-state index contributed by atoms with van der Waals surface area (Å²) in [6, 6.07) is 0. The molecule has 3 N–H and O–H groups in total. The predicted octanol–water partition coefficient (Wildman–Crippen LogP) is 1.07. The van der Waals surface area contributed by atoms with E-state index in [9.17, 15) is 15.3 Å². The summed E-state index contributed by atoms with van der Waals surface area (Å²) >= 11 is 0. The fourth-order valence-electron chi connectivity index (χ4n) is 2.58. The maximum absolute atomic E-state index is 10.4. The highest BCUT2D eigenvalue weighted by molar-refractivity contribution is 5.03. The fourth-order valence-corrected chi connectivity index (χ4v) is 2.58. The number of aliphatic hydroxyl groups excluding tert-OH is 3. The van der Waals surface area contributed by atoms with Crippen LogP contribution in [0.1, 0.15) is 34.1 Å². The van der Waals surface area contributed by atoms with Gasteiger partial charge in [0.15, 0.2) is 6.29 Å². The zero-order valence-corrected chi connectivity index (χ0v) is 12.8. The van der Waals surface area contributed by atoms with Crippen LogP contribution >= 0.6 is 0 Å². The van der Waals surface area contributed by atoms with Gasteiger partial charge in [-0.25, -0.2) is 0 Å². The van der Waals surface area contributed by atoms with Crippen molar-refractivity contribution in [1.29, 1.82) is 0 Å². The Morgan fingerprint density at radius 2 is 1.95 bits per heavy atom. The van der Waals surface area contributed by atoms with E-state index < -0.39 is 35.9 Å². The number of ether oxygens (including phenoxy) is 2. The SMILES string of the molecule is C=CC(C)(C)C1C(CO)OC(OC(C)CC)C(O)C1O. The summed E-state index contributed by atoms with van der Waals surface area (Å²) in [6.07, 6.45) is -1.32. The lowest BCUT2D eigenvalue weighted by Crippen LogP contribution is -2.60. The van der Waals surface area contributed by atoms with Crippen LogP contribution < -0.4 is 0 Å². The van der Waals surface area contributed by atoms with Gasteiger partial charge in [-0.3, -0.25) is 0 Å². The number of aliphatic hydroxyl groups is 3. The lowest BCUT2D eigenvalue weighted by atomic mass is 9.70. The Kier molecular flexibility index (Phi) is 6.16. The molecule has 1 rings (SSSR count). The molecule has 5 nitrogen and oxygen atoms in total. The average molecular weight is 288 g/mol. The first-order chi connectivity index (χ1) is 9.28. The molecule has 0 amide bonds. The highest BCUT2D eigenvalue weighted by atomic mass is 16.7. The van der Waals surface area contributed by atoms with E-state index in [1.54, 1.807) is 6.08 Å². The summed E-state index contributed by atoms with van der Waals surface area (Å²) in [5.74, 6) is -0.447. The molecule has 6 atom stereocenters. The molecule has 5 heteroatoms. The van der Waals surface area contributed by atoms with E-state index >= 15 is 0 Å². The zero-order chi connectivity index (χ0) is 15.5. The molecule has 118 valence electrons. The Labute approximate surface area is 121 Å². The van der Waals surface area contributed by atoms with Crippen LogP contribution in [0, 0.1) is 11.3 Å². The standard InChI is InChI=1S/C15H28O5/c1-6-9(3)19-14-13(18)12(17)11(10(8-16)20-14)15(4,5)7-2/h7,9-14,16-18H,2,6,8H2,1,3-5H3. The molecule has 0 aliphatic carbocycles. The number of hydrogen-bond acceptors (Lipinski definition) is 5. The number of hydrogen-bond donors (Lipinski definition) is 3. The number of allylic oxidation sites excluding steroid dienone is 1. The minimum atomic E-state index is -1.14. The third-order valence-corrected chi connectivity index (χ3v) is 4.21. The van der Waals surface area contributed by atoms with Crippen molar-refractivity contribution in [3.63, 3.8) is 0 Å². The largest absolute Gasteiger partial charge is 0.394 e. The maximum atomic E-state index is 10.4. The van der Waals surface area contributed by atoms with Gasteiger partial charge in [0, 0.05) is 5.92 Å². The van der Waals surface area contributed by atoms with E-state index in [4.69, 9.17) is 9.47 Å². The third-order valence-electron chi connectivity index (χ3n) is 4.21. The first-order valence-corrected chi connectivity index (χ1v) is 7.20. The smallest absolute Gasteiger partial charge is 0.186 e. The van der Waals surface area contributed by atoms with Crippen LogP contribution in [0.4, 0.5) is 0 Å². The second-order valence-corrected chi connectivity index (χ2v) is 6.11. The lowest BCUT2D eigenvalue weighted by Gasteiger charge is -2.48. The van der Waals surface area contributed by atoms with E-state index in [0.29, 0.717) is 0 Å². The van der Waals surface area contributed by atoms with Crippen LogP contribution in [0.2, 0.25) is 0 Å². The molecule has 6 unspecified atom stereocenters. The molecule has 1 fully saturated rings. The maximum Gasteiger partial charge on any atom is 0.186 e. The van der Waals surface area contributed by atoms with Gasteiger partial charge in [-0.15, -0.1) is 6.58 Å².